The lowest BCUT2D eigenvalue weighted by molar-refractivity contribution is -0.141. The summed E-state index contributed by atoms with van der Waals surface area (Å²) in [5.74, 6) is -1.23. The van der Waals surface area contributed by atoms with Crippen LogP contribution in [0.2, 0.25) is 5.15 Å². The van der Waals surface area contributed by atoms with Gasteiger partial charge in [0.2, 0.25) is 0 Å². The Kier molecular flexibility index (Phi) is 5.39. The number of rotatable bonds is 2. The van der Waals surface area contributed by atoms with Gasteiger partial charge in [-0.2, -0.15) is 4.39 Å². The number of esters is 1. The predicted molar refractivity (Wildman–Crippen MR) is 92.3 cm³/mol. The van der Waals surface area contributed by atoms with Gasteiger partial charge >= 0.3 is 5.97 Å². The number of methoxy groups -OCH3 is 1. The summed E-state index contributed by atoms with van der Waals surface area (Å²) >= 11 is 9.20. The minimum Gasteiger partial charge on any atom is -0.469 e. The van der Waals surface area contributed by atoms with Gasteiger partial charge in [-0.15, -0.1) is 12.4 Å². The van der Waals surface area contributed by atoms with Gasteiger partial charge in [0.05, 0.1) is 19.1 Å². The second kappa shape index (κ2) is 6.84. The Bertz CT molecular complexity index is 822. The summed E-state index contributed by atoms with van der Waals surface area (Å²) in [7, 11) is 1.26. The normalized spacial score (nSPS) is 17.9. The molecule has 0 bridgehead atoms. The molecular weight excluding hydrogens is 426 g/mol. The van der Waals surface area contributed by atoms with E-state index in [4.69, 9.17) is 26.8 Å². The number of aromatic nitrogens is 1. The lowest BCUT2D eigenvalue weighted by Gasteiger charge is -2.36. The van der Waals surface area contributed by atoms with Gasteiger partial charge in [0.1, 0.15) is 10.9 Å². The first-order valence-corrected chi connectivity index (χ1v) is 7.72. The van der Waals surface area contributed by atoms with E-state index in [0.29, 0.717) is 11.3 Å². The first-order valence-electron chi connectivity index (χ1n) is 6.55. The zero-order valence-corrected chi connectivity index (χ0v) is 15.5. The Labute approximate surface area is 156 Å². The summed E-state index contributed by atoms with van der Waals surface area (Å²) in [6.45, 7) is 0. The number of fused-ring (bicyclic) bond motifs is 2. The Balaban J connectivity index is 0.00000208. The van der Waals surface area contributed by atoms with Crippen molar-refractivity contribution < 1.29 is 18.7 Å². The molecule has 2 aromatic rings. The van der Waals surface area contributed by atoms with Crippen molar-refractivity contribution in [1.29, 1.82) is 0 Å². The zero-order chi connectivity index (χ0) is 16.8. The molecular formula is C15H12BrCl2FN2O3. The van der Waals surface area contributed by atoms with E-state index in [2.05, 4.69) is 20.9 Å². The van der Waals surface area contributed by atoms with Crippen LogP contribution in [0, 0.1) is 5.95 Å². The standard InChI is InChI=1S/C15H11BrClFN2O3.ClH/c1-22-12(21)6-15(19)8-4-7(16)2-3-10(8)23-13-9(15)5-11(17)20-14(13)18;/h2-5H,6,19H2,1H3;1H. The molecule has 24 heavy (non-hydrogen) atoms. The molecule has 0 saturated heterocycles. The maximum Gasteiger partial charge on any atom is 0.308 e. The maximum absolute atomic E-state index is 14.2. The van der Waals surface area contributed by atoms with Gasteiger partial charge in [-0.1, -0.05) is 27.5 Å². The molecule has 3 rings (SSSR count). The van der Waals surface area contributed by atoms with Crippen LogP contribution in [0.25, 0.3) is 0 Å². The van der Waals surface area contributed by atoms with Crippen molar-refractivity contribution in [2.45, 2.75) is 12.0 Å². The summed E-state index contributed by atoms with van der Waals surface area (Å²) in [6, 6.07) is 6.47. The van der Waals surface area contributed by atoms with E-state index in [1.54, 1.807) is 18.2 Å². The second-order valence-electron chi connectivity index (χ2n) is 5.08. The first-order chi connectivity index (χ1) is 10.8. The van der Waals surface area contributed by atoms with Crippen LogP contribution in [0.3, 0.4) is 0 Å². The molecule has 0 spiro atoms. The molecule has 1 atom stereocenters. The third-order valence-corrected chi connectivity index (χ3v) is 4.35. The minimum atomic E-state index is -1.35. The van der Waals surface area contributed by atoms with Gasteiger partial charge < -0.3 is 15.2 Å². The maximum atomic E-state index is 14.2. The number of carbonyl (C=O) groups excluding carboxylic acids is 1. The molecule has 128 valence electrons. The van der Waals surface area contributed by atoms with Crippen LogP contribution in [-0.2, 0) is 15.1 Å². The Morgan fingerprint density at radius 1 is 1.46 bits per heavy atom. The van der Waals surface area contributed by atoms with E-state index in [0.717, 1.165) is 4.47 Å². The average Bonchev–Trinajstić information content (AvgIpc) is 2.49. The van der Waals surface area contributed by atoms with Crippen molar-refractivity contribution in [1.82, 2.24) is 4.98 Å². The summed E-state index contributed by atoms with van der Waals surface area (Å²) in [5.41, 5.74) is 5.92. The first kappa shape index (κ1) is 18.9. The minimum absolute atomic E-state index is 0. The van der Waals surface area contributed by atoms with Crippen molar-refractivity contribution in [2.24, 2.45) is 5.73 Å². The van der Waals surface area contributed by atoms with E-state index < -0.39 is 17.5 Å². The van der Waals surface area contributed by atoms with Gasteiger partial charge in [-0.25, -0.2) is 4.98 Å². The largest absolute Gasteiger partial charge is 0.469 e. The summed E-state index contributed by atoms with van der Waals surface area (Å²) in [5, 5.41) is -0.0806. The Morgan fingerprint density at radius 3 is 2.83 bits per heavy atom. The molecule has 0 amide bonds. The van der Waals surface area contributed by atoms with Crippen LogP contribution in [0.5, 0.6) is 11.5 Å². The molecule has 0 fully saturated rings. The summed E-state index contributed by atoms with van der Waals surface area (Å²) in [6.07, 6.45) is -0.205. The number of ether oxygens (including phenoxy) is 2. The van der Waals surface area contributed by atoms with Gasteiger partial charge in [0, 0.05) is 15.6 Å². The Morgan fingerprint density at radius 2 is 2.17 bits per heavy atom. The smallest absolute Gasteiger partial charge is 0.308 e. The van der Waals surface area contributed by atoms with Crippen LogP contribution in [0.15, 0.2) is 28.7 Å². The zero-order valence-electron chi connectivity index (χ0n) is 12.3. The van der Waals surface area contributed by atoms with E-state index in [-0.39, 0.29) is 35.3 Å². The van der Waals surface area contributed by atoms with Crippen LogP contribution in [-0.4, -0.2) is 18.1 Å². The van der Waals surface area contributed by atoms with Crippen LogP contribution < -0.4 is 10.5 Å². The molecule has 1 aromatic heterocycles. The highest BCUT2D eigenvalue weighted by atomic mass is 79.9. The number of halogens is 4. The fraction of sp³-hybridized carbons (Fsp3) is 0.200. The third-order valence-electron chi connectivity index (χ3n) is 3.67. The van der Waals surface area contributed by atoms with Crippen molar-refractivity contribution in [3.8, 4) is 11.5 Å². The van der Waals surface area contributed by atoms with E-state index in [1.165, 1.54) is 13.2 Å². The lowest BCUT2D eigenvalue weighted by Crippen LogP contribution is -2.43. The molecule has 2 N–H and O–H groups in total. The highest BCUT2D eigenvalue weighted by Crippen LogP contribution is 2.49. The SMILES string of the molecule is COC(=O)CC1(N)c2cc(Br)ccc2Oc2c1cc(Cl)nc2F.Cl. The number of hydrogen-bond acceptors (Lipinski definition) is 5. The highest BCUT2D eigenvalue weighted by molar-refractivity contribution is 9.10. The second-order valence-corrected chi connectivity index (χ2v) is 6.38. The van der Waals surface area contributed by atoms with E-state index >= 15 is 0 Å². The average molecular weight is 438 g/mol. The fourth-order valence-corrected chi connectivity index (χ4v) is 3.13. The van der Waals surface area contributed by atoms with E-state index in [9.17, 15) is 9.18 Å². The molecule has 0 radical (unpaired) electrons. The van der Waals surface area contributed by atoms with Crippen LogP contribution in [0.1, 0.15) is 17.5 Å². The van der Waals surface area contributed by atoms with Gasteiger partial charge in [0.15, 0.2) is 5.75 Å². The molecule has 0 aliphatic carbocycles. The molecule has 1 aliphatic rings. The van der Waals surface area contributed by atoms with Crippen LogP contribution >= 0.6 is 39.9 Å². The quantitative estimate of drug-likeness (QED) is 0.569. The molecule has 1 aliphatic heterocycles. The molecule has 9 heteroatoms. The molecule has 1 aromatic carbocycles. The topological polar surface area (TPSA) is 74.4 Å². The lowest BCUT2D eigenvalue weighted by atomic mass is 9.79. The van der Waals surface area contributed by atoms with Crippen LogP contribution in [0.4, 0.5) is 4.39 Å². The molecule has 2 heterocycles. The van der Waals surface area contributed by atoms with Gasteiger partial charge in [-0.05, 0) is 24.3 Å². The molecule has 0 saturated carbocycles. The van der Waals surface area contributed by atoms with Crippen molar-refractivity contribution >= 4 is 45.9 Å². The van der Waals surface area contributed by atoms with Gasteiger partial charge in [0.25, 0.3) is 5.95 Å². The number of nitrogens with zero attached hydrogens (tertiary/aromatic N) is 1. The molecule has 5 nitrogen and oxygen atoms in total. The fourth-order valence-electron chi connectivity index (χ4n) is 2.59. The summed E-state index contributed by atoms with van der Waals surface area (Å²) in [4.78, 5) is 15.4. The number of benzene rings is 1. The number of hydrogen-bond donors (Lipinski definition) is 1. The molecule has 1 unspecified atom stereocenters. The number of nitrogens with two attached hydrogens (primary N) is 1. The highest BCUT2D eigenvalue weighted by Gasteiger charge is 2.43. The van der Waals surface area contributed by atoms with Crippen molar-refractivity contribution in [3.05, 3.63) is 51.0 Å². The predicted octanol–water partition coefficient (Wildman–Crippen LogP) is 3.93. The monoisotopic (exact) mass is 436 g/mol. The van der Waals surface area contributed by atoms with Crippen molar-refractivity contribution in [3.63, 3.8) is 0 Å². The van der Waals surface area contributed by atoms with Crippen molar-refractivity contribution in [2.75, 3.05) is 7.11 Å². The number of pyridine rings is 1. The number of carbonyl (C=O) groups is 1. The van der Waals surface area contributed by atoms with Gasteiger partial charge in [-0.3, -0.25) is 4.79 Å². The van der Waals surface area contributed by atoms with E-state index in [1.807, 2.05) is 0 Å². The summed E-state index contributed by atoms with van der Waals surface area (Å²) < 4.78 is 25.2. The Hall–Kier alpha value is -1.41. The third kappa shape index (κ3) is 3.09.